The van der Waals surface area contributed by atoms with Gasteiger partial charge in [-0.05, 0) is 63.4 Å². The molecule has 0 spiro atoms. The van der Waals surface area contributed by atoms with Gasteiger partial charge in [0.15, 0.2) is 0 Å². The number of benzene rings is 1. The quantitative estimate of drug-likeness (QED) is 0.0954. The molecule has 3 unspecified atom stereocenters. The molecule has 0 aliphatic carbocycles. The first-order chi connectivity index (χ1) is 23.4. The maximum absolute atomic E-state index is 13.4. The molecule has 1 fully saturated rings. The van der Waals surface area contributed by atoms with Gasteiger partial charge in [0.1, 0.15) is 18.1 Å². The SMILES string of the molecule is CNCC(=O)NC(C(=O)N1CC[C@H](NC(=O)c2cccc(C(=O)NCCC(NC(=O)[C@@H](NC(=O)C(C)NC)C(C)C)C(N)=O)c2)C1)C(C)(C)C. The zero-order chi connectivity index (χ0) is 37.8. The second kappa shape index (κ2) is 19.0. The van der Waals surface area contributed by atoms with Gasteiger partial charge in [0, 0.05) is 36.8 Å². The van der Waals surface area contributed by atoms with Crippen molar-refractivity contribution in [2.45, 2.75) is 84.6 Å². The van der Waals surface area contributed by atoms with Crippen LogP contribution in [0.15, 0.2) is 24.3 Å². The molecule has 7 amide bonds. The second-order valence-corrected chi connectivity index (χ2v) is 14.0. The molecule has 16 nitrogen and oxygen atoms in total. The van der Waals surface area contributed by atoms with Crippen molar-refractivity contribution >= 4 is 41.4 Å². The largest absolute Gasteiger partial charge is 0.368 e. The smallest absolute Gasteiger partial charge is 0.251 e. The van der Waals surface area contributed by atoms with E-state index in [1.165, 1.54) is 12.1 Å². The molecule has 9 N–H and O–H groups in total. The summed E-state index contributed by atoms with van der Waals surface area (Å²) < 4.78 is 0. The molecule has 278 valence electrons. The molecule has 1 aromatic rings. The molecular formula is C34H55N9O7. The van der Waals surface area contributed by atoms with Crippen molar-refractivity contribution in [2.75, 3.05) is 40.3 Å². The van der Waals surface area contributed by atoms with Crippen LogP contribution in [-0.4, -0.2) is 117 Å². The normalized spacial score (nSPS) is 16.8. The summed E-state index contributed by atoms with van der Waals surface area (Å²) in [5.74, 6) is -3.47. The van der Waals surface area contributed by atoms with E-state index in [0.717, 1.165) is 0 Å². The number of amides is 7. The van der Waals surface area contributed by atoms with Crippen LogP contribution in [-0.2, 0) is 24.0 Å². The number of rotatable bonds is 17. The number of carbonyl (C=O) groups is 7. The minimum absolute atomic E-state index is 0.00911. The van der Waals surface area contributed by atoms with Crippen molar-refractivity contribution in [2.24, 2.45) is 17.1 Å². The Balaban J connectivity index is 1.97. The van der Waals surface area contributed by atoms with E-state index in [2.05, 4.69) is 37.2 Å². The Morgan fingerprint density at radius 1 is 0.920 bits per heavy atom. The Labute approximate surface area is 294 Å². The van der Waals surface area contributed by atoms with Gasteiger partial charge in [0.25, 0.3) is 11.8 Å². The van der Waals surface area contributed by atoms with E-state index in [-0.39, 0.29) is 66.9 Å². The average molecular weight is 702 g/mol. The first-order valence-corrected chi connectivity index (χ1v) is 16.9. The highest BCUT2D eigenvalue weighted by Crippen LogP contribution is 2.23. The number of likely N-dealkylation sites (N-methyl/N-ethyl adjacent to an activating group) is 2. The van der Waals surface area contributed by atoms with E-state index in [1.807, 2.05) is 20.8 Å². The number of likely N-dealkylation sites (tertiary alicyclic amines) is 1. The molecule has 1 saturated heterocycles. The second-order valence-electron chi connectivity index (χ2n) is 14.0. The molecule has 5 atom stereocenters. The summed E-state index contributed by atoms with van der Waals surface area (Å²) in [7, 11) is 3.27. The highest BCUT2D eigenvalue weighted by atomic mass is 16.2. The fourth-order valence-electron chi connectivity index (χ4n) is 5.28. The average Bonchev–Trinajstić information content (AvgIpc) is 3.52. The molecule has 1 aliphatic heterocycles. The third-order valence-corrected chi connectivity index (χ3v) is 8.43. The molecule has 16 heteroatoms. The zero-order valence-corrected chi connectivity index (χ0v) is 30.4. The van der Waals surface area contributed by atoms with E-state index in [9.17, 15) is 33.6 Å². The molecule has 1 aliphatic rings. The highest BCUT2D eigenvalue weighted by Gasteiger charge is 2.38. The Bertz CT molecular complexity index is 1400. The number of nitrogens with two attached hydrogens (primary N) is 1. The number of hydrogen-bond acceptors (Lipinski definition) is 9. The summed E-state index contributed by atoms with van der Waals surface area (Å²) in [6.07, 6.45) is 0.515. The van der Waals surface area contributed by atoms with E-state index >= 15 is 0 Å². The summed E-state index contributed by atoms with van der Waals surface area (Å²) in [6.45, 7) is 11.5. The number of nitrogens with zero attached hydrogens (tertiary/aromatic N) is 1. The molecule has 0 saturated carbocycles. The highest BCUT2D eigenvalue weighted by molar-refractivity contribution is 6.00. The summed E-state index contributed by atoms with van der Waals surface area (Å²) >= 11 is 0. The molecule has 0 bridgehead atoms. The van der Waals surface area contributed by atoms with Gasteiger partial charge in [-0.1, -0.05) is 40.7 Å². The molecule has 1 aromatic carbocycles. The first kappa shape index (κ1) is 41.6. The van der Waals surface area contributed by atoms with Gasteiger partial charge in [-0.25, -0.2) is 0 Å². The number of hydrogen-bond donors (Lipinski definition) is 8. The van der Waals surface area contributed by atoms with Crippen LogP contribution in [0.1, 0.15) is 75.1 Å². The van der Waals surface area contributed by atoms with Crippen molar-refractivity contribution in [1.82, 2.24) is 42.1 Å². The van der Waals surface area contributed by atoms with Gasteiger partial charge in [0.05, 0.1) is 12.6 Å². The maximum atomic E-state index is 13.4. The van der Waals surface area contributed by atoms with Crippen LogP contribution in [0.4, 0.5) is 0 Å². The Morgan fingerprint density at radius 2 is 1.56 bits per heavy atom. The topological polar surface area (TPSA) is 233 Å². The van der Waals surface area contributed by atoms with Crippen LogP contribution in [0.3, 0.4) is 0 Å². The van der Waals surface area contributed by atoms with E-state index in [1.54, 1.807) is 51.9 Å². The van der Waals surface area contributed by atoms with Crippen LogP contribution in [0.25, 0.3) is 0 Å². The van der Waals surface area contributed by atoms with Crippen LogP contribution in [0.5, 0.6) is 0 Å². The Hall–Kier alpha value is -4.57. The van der Waals surface area contributed by atoms with Gasteiger partial charge >= 0.3 is 0 Å². The lowest BCUT2D eigenvalue weighted by molar-refractivity contribution is -0.138. The van der Waals surface area contributed by atoms with Gasteiger partial charge in [0.2, 0.25) is 29.5 Å². The van der Waals surface area contributed by atoms with Crippen molar-refractivity contribution in [3.63, 3.8) is 0 Å². The molecular weight excluding hydrogens is 646 g/mol. The summed E-state index contributed by atoms with van der Waals surface area (Å²) in [5, 5.41) is 19.2. The lowest BCUT2D eigenvalue weighted by atomic mass is 9.85. The number of primary amides is 1. The van der Waals surface area contributed by atoms with Crippen molar-refractivity contribution in [1.29, 1.82) is 0 Å². The van der Waals surface area contributed by atoms with Gasteiger partial charge in [-0.3, -0.25) is 33.6 Å². The van der Waals surface area contributed by atoms with Crippen molar-refractivity contribution in [3.8, 4) is 0 Å². The molecule has 0 aromatic heterocycles. The predicted molar refractivity (Wildman–Crippen MR) is 188 cm³/mol. The fourth-order valence-corrected chi connectivity index (χ4v) is 5.28. The number of carbonyl (C=O) groups excluding carboxylic acids is 7. The molecule has 1 heterocycles. The summed E-state index contributed by atoms with van der Waals surface area (Å²) in [6, 6.07) is 2.49. The molecule has 50 heavy (non-hydrogen) atoms. The van der Waals surface area contributed by atoms with Gasteiger partial charge in [-0.15, -0.1) is 0 Å². The van der Waals surface area contributed by atoms with Gasteiger partial charge in [-0.2, -0.15) is 0 Å². The maximum Gasteiger partial charge on any atom is 0.251 e. The first-order valence-electron chi connectivity index (χ1n) is 16.9. The van der Waals surface area contributed by atoms with Crippen molar-refractivity contribution < 1.29 is 33.6 Å². The Kier molecular flexibility index (Phi) is 15.8. The molecule has 0 radical (unpaired) electrons. The fraction of sp³-hybridized carbons (Fsp3) is 0.618. The molecule has 2 rings (SSSR count). The summed E-state index contributed by atoms with van der Waals surface area (Å²) in [4.78, 5) is 90.7. The number of nitrogens with one attached hydrogen (secondary N) is 7. The van der Waals surface area contributed by atoms with Crippen LogP contribution in [0, 0.1) is 11.3 Å². The summed E-state index contributed by atoms with van der Waals surface area (Å²) in [5.41, 5.74) is 5.43. The minimum Gasteiger partial charge on any atom is -0.368 e. The van der Waals surface area contributed by atoms with Crippen LogP contribution < -0.4 is 43.0 Å². The third kappa shape index (κ3) is 12.4. The van der Waals surface area contributed by atoms with Crippen molar-refractivity contribution in [3.05, 3.63) is 35.4 Å². The van der Waals surface area contributed by atoms with E-state index in [0.29, 0.717) is 13.0 Å². The zero-order valence-electron chi connectivity index (χ0n) is 30.4. The third-order valence-electron chi connectivity index (χ3n) is 8.43. The van der Waals surface area contributed by atoms with Crippen LogP contribution >= 0.6 is 0 Å². The monoisotopic (exact) mass is 701 g/mol. The van der Waals surface area contributed by atoms with E-state index < -0.39 is 53.2 Å². The standard InChI is InChI=1S/C34H55N9O7/c1-19(2)26(42-29(46)20(3)37-8)32(49)40-24(28(35)45)12-14-38-30(47)21-10-9-11-22(16-21)31(48)39-23-13-15-43(18-23)33(50)27(34(4,5)6)41-25(44)17-36-7/h9-11,16,19-20,23-24,26-27,36-37H,12-15,17-18H2,1-8H3,(H2,35,45)(H,38,47)(H,39,48)(H,40,49)(H,41,44)(H,42,46)/t20?,23-,24?,26-,27?/m0/s1. The predicted octanol–water partition coefficient (Wildman–Crippen LogP) is -1.39. The van der Waals surface area contributed by atoms with Crippen LogP contribution in [0.2, 0.25) is 0 Å². The minimum atomic E-state index is -1.11. The van der Waals surface area contributed by atoms with Gasteiger partial charge < -0.3 is 47.9 Å². The Morgan fingerprint density at radius 3 is 2.12 bits per heavy atom. The van der Waals surface area contributed by atoms with E-state index in [4.69, 9.17) is 5.73 Å². The lowest BCUT2D eigenvalue weighted by Gasteiger charge is -2.33. The lowest BCUT2D eigenvalue weighted by Crippen LogP contribution is -2.57.